The van der Waals surface area contributed by atoms with E-state index in [2.05, 4.69) is 15.9 Å². The van der Waals surface area contributed by atoms with Crippen LogP contribution in [-0.2, 0) is 0 Å². The van der Waals surface area contributed by atoms with Crippen LogP contribution in [0.3, 0.4) is 0 Å². The molecule has 0 aliphatic rings. The zero-order valence-corrected chi connectivity index (χ0v) is 9.51. The van der Waals surface area contributed by atoms with Gasteiger partial charge in [0.1, 0.15) is 0 Å². The van der Waals surface area contributed by atoms with Crippen molar-refractivity contribution in [1.29, 1.82) is 0 Å². The molecule has 0 fully saturated rings. The fourth-order valence-electron chi connectivity index (χ4n) is 0.146. The molecule has 0 saturated heterocycles. The molecule has 0 atom stereocenters. The van der Waals surface area contributed by atoms with Gasteiger partial charge in [0.25, 0.3) is 0 Å². The Morgan fingerprint density at radius 1 is 1.75 bits per heavy atom. The van der Waals surface area contributed by atoms with Crippen LogP contribution < -0.4 is 0 Å². The summed E-state index contributed by atoms with van der Waals surface area (Å²) >= 11 is 7.02. The minimum absolute atomic E-state index is 0.0614. The van der Waals surface area contributed by atoms with Gasteiger partial charge in [0.05, 0.1) is 0 Å². The molecular weight excluding hydrogens is 404 g/mol. The van der Waals surface area contributed by atoms with E-state index in [0.717, 1.165) is 0 Å². The molecule has 0 radical (unpaired) electrons. The number of rotatable bonds is 2. The quantitative estimate of drug-likeness (QED) is 0.306. The summed E-state index contributed by atoms with van der Waals surface area (Å²) < 4.78 is -0.425. The monoisotopic (exact) mass is 405 g/mol. The number of hydrogen-bond acceptors (Lipinski definition) is 2. The minimum atomic E-state index is -0.425. The third-order valence-corrected chi connectivity index (χ3v) is 1.24. The number of halogens is 3. The van der Waals surface area contributed by atoms with Gasteiger partial charge < -0.3 is 0 Å². The summed E-state index contributed by atoms with van der Waals surface area (Å²) in [5.74, 6) is 0. The SMILES string of the molecule is O=[N+]([O-])CC(Br)(I)I. The first-order chi connectivity index (χ1) is 3.42. The van der Waals surface area contributed by atoms with Crippen molar-refractivity contribution in [2.45, 2.75) is 0.338 Å². The molecule has 0 rings (SSSR count). The third-order valence-electron chi connectivity index (χ3n) is 0.308. The highest BCUT2D eigenvalue weighted by atomic mass is 127. The van der Waals surface area contributed by atoms with E-state index in [0.29, 0.717) is 0 Å². The van der Waals surface area contributed by atoms with Crippen molar-refractivity contribution in [3.63, 3.8) is 0 Å². The van der Waals surface area contributed by atoms with Crippen molar-refractivity contribution in [3.05, 3.63) is 10.1 Å². The van der Waals surface area contributed by atoms with Gasteiger partial charge in [-0.25, -0.2) is 0 Å². The van der Waals surface area contributed by atoms with Crippen LogP contribution >= 0.6 is 61.1 Å². The molecule has 0 aromatic heterocycles. The van der Waals surface area contributed by atoms with E-state index in [-0.39, 0.29) is 11.5 Å². The molecule has 0 saturated carbocycles. The Labute approximate surface area is 82.1 Å². The molecule has 48 valence electrons. The Morgan fingerprint density at radius 2 is 2.12 bits per heavy atom. The van der Waals surface area contributed by atoms with Gasteiger partial charge in [0, 0.05) is 4.92 Å². The summed E-state index contributed by atoms with van der Waals surface area (Å²) in [6, 6.07) is 0. The molecule has 0 unspecified atom stereocenters. The Balaban J connectivity index is 3.55. The molecule has 0 aromatic rings. The number of hydrogen-bond donors (Lipinski definition) is 0. The lowest BCUT2D eigenvalue weighted by Gasteiger charge is -2.02. The van der Waals surface area contributed by atoms with E-state index < -0.39 is 0.338 Å². The van der Waals surface area contributed by atoms with E-state index in [4.69, 9.17) is 0 Å². The van der Waals surface area contributed by atoms with Crippen molar-refractivity contribution in [3.8, 4) is 0 Å². The summed E-state index contributed by atoms with van der Waals surface area (Å²) in [5, 5.41) is 9.78. The van der Waals surface area contributed by atoms with Gasteiger partial charge in [0.2, 0.25) is 6.54 Å². The molecule has 0 heterocycles. The highest BCUT2D eigenvalue weighted by Crippen LogP contribution is 2.34. The van der Waals surface area contributed by atoms with Gasteiger partial charge in [-0.2, -0.15) is 0 Å². The molecule has 3 nitrogen and oxygen atoms in total. The highest BCUT2D eigenvalue weighted by molar-refractivity contribution is 14.2. The van der Waals surface area contributed by atoms with Crippen LogP contribution in [0.15, 0.2) is 0 Å². The van der Waals surface area contributed by atoms with E-state index in [1.54, 1.807) is 0 Å². The predicted molar refractivity (Wildman–Crippen MR) is 51.6 cm³/mol. The van der Waals surface area contributed by atoms with Crippen molar-refractivity contribution < 1.29 is 4.92 Å². The van der Waals surface area contributed by atoms with Gasteiger partial charge in [0.15, 0.2) is 0.338 Å². The largest absolute Gasteiger partial charge is 0.264 e. The second-order valence-corrected chi connectivity index (χ2v) is 11.2. The van der Waals surface area contributed by atoms with Crippen LogP contribution in [0.5, 0.6) is 0 Å². The molecule has 0 N–H and O–H groups in total. The lowest BCUT2D eigenvalue weighted by molar-refractivity contribution is -0.475. The Bertz CT molecular complexity index is 101. The van der Waals surface area contributed by atoms with Crippen LogP contribution in [-0.4, -0.2) is 11.8 Å². The maximum atomic E-state index is 9.78. The van der Waals surface area contributed by atoms with E-state index in [1.165, 1.54) is 0 Å². The predicted octanol–water partition coefficient (Wildman–Crippen LogP) is 2.18. The molecule has 0 aromatic carbocycles. The lowest BCUT2D eigenvalue weighted by Crippen LogP contribution is -2.15. The topological polar surface area (TPSA) is 43.1 Å². The zero-order valence-electron chi connectivity index (χ0n) is 3.60. The first-order valence-corrected chi connectivity index (χ1v) is 4.55. The van der Waals surface area contributed by atoms with E-state index in [1.807, 2.05) is 45.2 Å². The van der Waals surface area contributed by atoms with Crippen LogP contribution in [0.2, 0.25) is 0 Å². The molecule has 0 bridgehead atoms. The van der Waals surface area contributed by atoms with Crippen LogP contribution in [0.1, 0.15) is 0 Å². The lowest BCUT2D eigenvalue weighted by atomic mass is 10.8. The van der Waals surface area contributed by atoms with Crippen molar-refractivity contribution in [2.24, 2.45) is 0 Å². The molecule has 0 amide bonds. The molecular formula is C2H2BrI2NO2. The summed E-state index contributed by atoms with van der Waals surface area (Å²) in [4.78, 5) is 9.43. The number of nitro groups is 1. The van der Waals surface area contributed by atoms with Gasteiger partial charge in [-0.15, -0.1) is 0 Å². The van der Waals surface area contributed by atoms with Gasteiger partial charge in [-0.1, -0.05) is 15.9 Å². The average Bonchev–Trinajstić information content (AvgIpc) is 1.21. The second-order valence-electron chi connectivity index (χ2n) is 1.11. The summed E-state index contributed by atoms with van der Waals surface area (Å²) in [6.07, 6.45) is 0. The van der Waals surface area contributed by atoms with Gasteiger partial charge in [-0.05, 0) is 45.2 Å². The first-order valence-electron chi connectivity index (χ1n) is 1.60. The molecule has 8 heavy (non-hydrogen) atoms. The fourth-order valence-corrected chi connectivity index (χ4v) is 0.908. The van der Waals surface area contributed by atoms with Crippen LogP contribution in [0, 0.1) is 10.1 Å². The van der Waals surface area contributed by atoms with Crippen molar-refractivity contribution in [2.75, 3.05) is 6.54 Å². The summed E-state index contributed by atoms with van der Waals surface area (Å²) in [6.45, 7) is -0.0614. The van der Waals surface area contributed by atoms with Gasteiger partial charge >= 0.3 is 0 Å². The fraction of sp³-hybridized carbons (Fsp3) is 1.00. The standard InChI is InChI=1S/C2H2BrI2NO2/c3-2(4,5)1-6(7)8/h1H2. The summed E-state index contributed by atoms with van der Waals surface area (Å²) in [5.41, 5.74) is 0. The molecule has 0 aliphatic carbocycles. The average molecular weight is 406 g/mol. The Hall–Kier alpha value is 1.34. The van der Waals surface area contributed by atoms with Crippen LogP contribution in [0.25, 0.3) is 0 Å². The summed E-state index contributed by atoms with van der Waals surface area (Å²) in [7, 11) is 0. The normalized spacial score (nSPS) is 11.4. The van der Waals surface area contributed by atoms with E-state index >= 15 is 0 Å². The smallest absolute Gasteiger partial charge is 0.237 e. The number of alkyl halides is 3. The zero-order chi connectivity index (χ0) is 6.78. The van der Waals surface area contributed by atoms with Gasteiger partial charge in [-0.3, -0.25) is 10.1 Å². The maximum absolute atomic E-state index is 9.78. The third kappa shape index (κ3) is 7.34. The maximum Gasteiger partial charge on any atom is 0.237 e. The van der Waals surface area contributed by atoms with Crippen molar-refractivity contribution in [1.82, 2.24) is 0 Å². The van der Waals surface area contributed by atoms with Crippen molar-refractivity contribution >= 4 is 61.1 Å². The molecule has 0 aliphatic heterocycles. The second kappa shape index (κ2) is 3.49. The minimum Gasteiger partial charge on any atom is -0.264 e. The Kier molecular flexibility index (Phi) is 4.08. The number of nitrogens with zero attached hydrogens (tertiary/aromatic N) is 1. The Morgan fingerprint density at radius 3 is 2.12 bits per heavy atom. The molecule has 6 heteroatoms. The van der Waals surface area contributed by atoms with E-state index in [9.17, 15) is 10.1 Å². The molecule has 0 spiro atoms. The van der Waals surface area contributed by atoms with Crippen LogP contribution in [0.4, 0.5) is 0 Å². The highest BCUT2D eigenvalue weighted by Gasteiger charge is 2.24. The first kappa shape index (κ1) is 9.34.